The first-order valence-electron chi connectivity index (χ1n) is 7.05. The minimum absolute atomic E-state index is 0.0223. The summed E-state index contributed by atoms with van der Waals surface area (Å²) < 4.78 is 45.5. The number of benzene rings is 1. The smallest absolute Gasteiger partial charge is 0.375 e. The first-order chi connectivity index (χ1) is 10.9. The van der Waals surface area contributed by atoms with Gasteiger partial charge in [0, 0.05) is 19.5 Å². The van der Waals surface area contributed by atoms with Gasteiger partial charge in [-0.25, -0.2) is 4.68 Å². The summed E-state index contributed by atoms with van der Waals surface area (Å²) >= 11 is 5.89. The van der Waals surface area contributed by atoms with Crippen LogP contribution < -0.4 is 5.32 Å². The number of nitrogens with zero attached hydrogens (tertiary/aromatic N) is 3. The number of hydrogen-bond acceptors (Lipinski definition) is 4. The molecule has 1 aliphatic rings. The van der Waals surface area contributed by atoms with Crippen molar-refractivity contribution in [1.29, 1.82) is 0 Å². The maximum Gasteiger partial charge on any atom is 0.417 e. The quantitative estimate of drug-likeness (QED) is 0.927. The number of alkyl halides is 3. The second-order valence-corrected chi connectivity index (χ2v) is 5.57. The lowest BCUT2D eigenvalue weighted by Gasteiger charge is -2.22. The molecule has 1 fully saturated rings. The molecule has 0 saturated carbocycles. The molecule has 1 aromatic carbocycles. The Hall–Kier alpha value is -1.64. The van der Waals surface area contributed by atoms with Gasteiger partial charge in [0.1, 0.15) is 0 Å². The van der Waals surface area contributed by atoms with E-state index in [0.717, 1.165) is 12.6 Å². The Morgan fingerprint density at radius 2 is 2.22 bits per heavy atom. The molecular weight excluding hydrogens is 333 g/mol. The molecule has 1 atom stereocenters. The summed E-state index contributed by atoms with van der Waals surface area (Å²) in [5.74, 6) is 0. The van der Waals surface area contributed by atoms with Gasteiger partial charge in [0.25, 0.3) is 0 Å². The third-order valence-corrected chi connectivity index (χ3v) is 3.91. The molecule has 1 aliphatic heterocycles. The average Bonchev–Trinajstić information content (AvgIpc) is 2.95. The average molecular weight is 347 g/mol. The number of aromatic nitrogens is 3. The maximum absolute atomic E-state index is 12.9. The number of hydrogen-bond donors (Lipinski definition) is 1. The number of ether oxygens (including phenoxy) is 1. The molecule has 0 radical (unpaired) electrons. The topological polar surface area (TPSA) is 52.0 Å². The Kier molecular flexibility index (Phi) is 4.56. The van der Waals surface area contributed by atoms with Crippen LogP contribution in [0.4, 0.5) is 13.2 Å². The molecule has 23 heavy (non-hydrogen) atoms. The van der Waals surface area contributed by atoms with E-state index >= 15 is 0 Å². The molecule has 2 heterocycles. The number of nitrogens with one attached hydrogen (secondary N) is 1. The Morgan fingerprint density at radius 1 is 1.39 bits per heavy atom. The highest BCUT2D eigenvalue weighted by Crippen LogP contribution is 2.37. The molecule has 1 aromatic heterocycles. The molecule has 9 heteroatoms. The van der Waals surface area contributed by atoms with Crippen molar-refractivity contribution in [2.75, 3.05) is 19.7 Å². The fraction of sp³-hybridized carbons (Fsp3) is 0.429. The molecule has 5 nitrogen and oxygen atoms in total. The number of rotatable bonds is 3. The molecule has 3 rings (SSSR count). The first-order valence-corrected chi connectivity index (χ1v) is 7.42. The van der Waals surface area contributed by atoms with E-state index in [1.807, 2.05) is 0 Å². The molecule has 1 unspecified atom stereocenters. The SMILES string of the molecule is FC(F)(F)c1cccc(-n2cc(CC3CNCCO3)nn2)c1Cl. The van der Waals surface area contributed by atoms with Gasteiger partial charge in [-0.3, -0.25) is 0 Å². The van der Waals surface area contributed by atoms with Crippen molar-refractivity contribution in [2.45, 2.75) is 18.7 Å². The zero-order valence-corrected chi connectivity index (χ0v) is 12.7. The second kappa shape index (κ2) is 6.46. The van der Waals surface area contributed by atoms with Crippen LogP contribution in [0.15, 0.2) is 24.4 Å². The van der Waals surface area contributed by atoms with Crippen molar-refractivity contribution < 1.29 is 17.9 Å². The molecule has 124 valence electrons. The molecule has 0 aliphatic carbocycles. The Morgan fingerprint density at radius 3 is 2.91 bits per heavy atom. The van der Waals surface area contributed by atoms with Crippen LogP contribution in [0.5, 0.6) is 0 Å². The minimum Gasteiger partial charge on any atom is -0.375 e. The fourth-order valence-corrected chi connectivity index (χ4v) is 2.73. The predicted molar refractivity (Wildman–Crippen MR) is 77.7 cm³/mol. The predicted octanol–water partition coefficient (Wildman–Crippen LogP) is 2.47. The lowest BCUT2D eigenvalue weighted by atomic mass is 10.2. The van der Waals surface area contributed by atoms with Crippen molar-refractivity contribution in [2.24, 2.45) is 0 Å². The maximum atomic E-state index is 12.9. The molecule has 1 saturated heterocycles. The zero-order chi connectivity index (χ0) is 16.4. The molecule has 0 bridgehead atoms. The van der Waals surface area contributed by atoms with E-state index < -0.39 is 16.8 Å². The Balaban J connectivity index is 1.83. The molecule has 1 N–H and O–H groups in total. The normalized spacial score (nSPS) is 19.0. The Labute approximate surface area is 135 Å². The van der Waals surface area contributed by atoms with Gasteiger partial charge in [-0.1, -0.05) is 22.9 Å². The van der Waals surface area contributed by atoms with Gasteiger partial charge in [0.05, 0.1) is 40.9 Å². The lowest BCUT2D eigenvalue weighted by molar-refractivity contribution is -0.137. The first kappa shape index (κ1) is 16.2. The van der Waals surface area contributed by atoms with Crippen molar-refractivity contribution in [3.63, 3.8) is 0 Å². The van der Waals surface area contributed by atoms with Crippen LogP contribution in [0, 0.1) is 0 Å². The van der Waals surface area contributed by atoms with Crippen molar-refractivity contribution in [1.82, 2.24) is 20.3 Å². The van der Waals surface area contributed by atoms with Crippen LogP contribution in [0.3, 0.4) is 0 Å². The highest BCUT2D eigenvalue weighted by atomic mass is 35.5. The summed E-state index contributed by atoms with van der Waals surface area (Å²) in [6.45, 7) is 2.14. The van der Waals surface area contributed by atoms with E-state index in [2.05, 4.69) is 15.6 Å². The molecular formula is C14H14ClF3N4O. The summed E-state index contributed by atoms with van der Waals surface area (Å²) in [4.78, 5) is 0. The fourth-order valence-electron chi connectivity index (χ4n) is 2.41. The molecule has 2 aromatic rings. The zero-order valence-electron chi connectivity index (χ0n) is 12.0. The van der Waals surface area contributed by atoms with Gasteiger partial charge in [0.2, 0.25) is 0 Å². The van der Waals surface area contributed by atoms with E-state index in [0.29, 0.717) is 25.3 Å². The van der Waals surface area contributed by atoms with E-state index in [9.17, 15) is 13.2 Å². The highest BCUT2D eigenvalue weighted by molar-refractivity contribution is 6.33. The van der Waals surface area contributed by atoms with Crippen molar-refractivity contribution in [3.05, 3.63) is 40.7 Å². The number of morpholine rings is 1. The van der Waals surface area contributed by atoms with Crippen LogP contribution in [0.25, 0.3) is 5.69 Å². The lowest BCUT2D eigenvalue weighted by Crippen LogP contribution is -2.39. The number of halogens is 4. The van der Waals surface area contributed by atoms with Crippen molar-refractivity contribution in [3.8, 4) is 5.69 Å². The summed E-state index contributed by atoms with van der Waals surface area (Å²) in [6.07, 6.45) is -2.44. The second-order valence-electron chi connectivity index (χ2n) is 5.19. The van der Waals surface area contributed by atoms with Gasteiger partial charge in [-0.15, -0.1) is 5.10 Å². The minimum atomic E-state index is -4.52. The van der Waals surface area contributed by atoms with Crippen molar-refractivity contribution >= 4 is 11.6 Å². The van der Waals surface area contributed by atoms with E-state index in [-0.39, 0.29) is 11.8 Å². The van der Waals surface area contributed by atoms with Crippen LogP contribution >= 0.6 is 11.6 Å². The van der Waals surface area contributed by atoms with Gasteiger partial charge < -0.3 is 10.1 Å². The largest absolute Gasteiger partial charge is 0.417 e. The highest BCUT2D eigenvalue weighted by Gasteiger charge is 2.34. The Bertz CT molecular complexity index is 683. The van der Waals surface area contributed by atoms with E-state index in [4.69, 9.17) is 16.3 Å². The molecule has 0 spiro atoms. The van der Waals surface area contributed by atoms with Crippen LogP contribution in [0.2, 0.25) is 5.02 Å². The standard InChI is InChI=1S/C14H14ClF3N4O/c15-13-11(14(16,17)18)2-1-3-12(13)22-8-9(20-21-22)6-10-7-19-4-5-23-10/h1-3,8,10,19H,4-7H2. The van der Waals surface area contributed by atoms with Crippen LogP contribution in [-0.4, -0.2) is 40.8 Å². The summed E-state index contributed by atoms with van der Waals surface area (Å²) in [5, 5.41) is 10.7. The van der Waals surface area contributed by atoms with Gasteiger partial charge in [0.15, 0.2) is 0 Å². The van der Waals surface area contributed by atoms with Gasteiger partial charge >= 0.3 is 6.18 Å². The van der Waals surface area contributed by atoms with Crippen LogP contribution in [0.1, 0.15) is 11.3 Å². The van der Waals surface area contributed by atoms with Gasteiger partial charge in [-0.2, -0.15) is 13.2 Å². The third kappa shape index (κ3) is 3.65. The van der Waals surface area contributed by atoms with Gasteiger partial charge in [-0.05, 0) is 12.1 Å². The van der Waals surface area contributed by atoms with Crippen LogP contribution in [-0.2, 0) is 17.3 Å². The van der Waals surface area contributed by atoms with E-state index in [1.54, 1.807) is 6.20 Å². The molecule has 0 amide bonds. The van der Waals surface area contributed by atoms with E-state index in [1.165, 1.54) is 16.8 Å². The summed E-state index contributed by atoms with van der Waals surface area (Å²) in [5.41, 5.74) is -0.122. The summed E-state index contributed by atoms with van der Waals surface area (Å²) in [7, 11) is 0. The monoisotopic (exact) mass is 346 g/mol. The third-order valence-electron chi connectivity index (χ3n) is 3.51. The summed E-state index contributed by atoms with van der Waals surface area (Å²) in [6, 6.07) is 3.69.